The van der Waals surface area contributed by atoms with Crippen LogP contribution in [0.4, 0.5) is 14.5 Å². The van der Waals surface area contributed by atoms with E-state index in [1.165, 1.54) is 0 Å². The number of hydrogen-bond acceptors (Lipinski definition) is 5. The summed E-state index contributed by atoms with van der Waals surface area (Å²) in [5.74, 6) is 0.323. The molecule has 0 radical (unpaired) electrons. The first-order valence-electron chi connectivity index (χ1n) is 10.8. The lowest BCUT2D eigenvalue weighted by atomic mass is 10.1. The molecule has 2 saturated heterocycles. The minimum absolute atomic E-state index is 0.0729. The Labute approximate surface area is 184 Å². The quantitative estimate of drug-likeness (QED) is 0.675. The van der Waals surface area contributed by atoms with Crippen LogP contribution < -0.4 is 10.2 Å². The standard InChI is InChI=1S/C23H25F2N5O2/c24-23(25)30-20-7-2-1-6-18(20)27-21(30)16-4-3-5-17(14-16)28-9-11-29(12-10-28)22(31)19-15-32-13-8-26-19/h1-7,14,19,23,26H,8-13,15H2. The number of hydrogen-bond donors (Lipinski definition) is 1. The average Bonchev–Trinajstić information content (AvgIpc) is 3.24. The zero-order valence-electron chi connectivity index (χ0n) is 17.6. The first kappa shape index (κ1) is 20.8. The van der Waals surface area contributed by atoms with E-state index in [1.807, 2.05) is 23.1 Å². The van der Waals surface area contributed by atoms with Gasteiger partial charge in [-0.15, -0.1) is 0 Å². The zero-order chi connectivity index (χ0) is 22.1. The second-order valence-corrected chi connectivity index (χ2v) is 8.02. The van der Waals surface area contributed by atoms with Crippen LogP contribution in [-0.2, 0) is 9.53 Å². The molecular weight excluding hydrogens is 416 g/mol. The molecule has 1 amide bonds. The molecule has 2 fully saturated rings. The van der Waals surface area contributed by atoms with E-state index in [0.29, 0.717) is 62.5 Å². The summed E-state index contributed by atoms with van der Waals surface area (Å²) in [5.41, 5.74) is 2.53. The average molecular weight is 441 g/mol. The molecule has 2 aliphatic heterocycles. The van der Waals surface area contributed by atoms with Crippen molar-refractivity contribution in [3.8, 4) is 11.4 Å². The van der Waals surface area contributed by atoms with Crippen molar-refractivity contribution >= 4 is 22.6 Å². The number of imidazole rings is 1. The lowest BCUT2D eigenvalue weighted by Gasteiger charge is -2.38. The Morgan fingerprint density at radius 1 is 1.09 bits per heavy atom. The highest BCUT2D eigenvalue weighted by Crippen LogP contribution is 2.31. The number of carbonyl (C=O) groups is 1. The number of aromatic nitrogens is 2. The van der Waals surface area contributed by atoms with Gasteiger partial charge in [-0.2, -0.15) is 8.78 Å². The van der Waals surface area contributed by atoms with Gasteiger partial charge in [-0.1, -0.05) is 24.3 Å². The van der Waals surface area contributed by atoms with Crippen molar-refractivity contribution in [2.24, 2.45) is 0 Å². The zero-order valence-corrected chi connectivity index (χ0v) is 17.6. The van der Waals surface area contributed by atoms with Gasteiger partial charge in [0.1, 0.15) is 11.9 Å². The molecule has 0 saturated carbocycles. The van der Waals surface area contributed by atoms with Crippen LogP contribution in [0.2, 0.25) is 0 Å². The number of benzene rings is 2. The predicted octanol–water partition coefficient (Wildman–Crippen LogP) is 2.74. The van der Waals surface area contributed by atoms with Gasteiger partial charge in [-0.05, 0) is 24.3 Å². The van der Waals surface area contributed by atoms with Gasteiger partial charge >= 0.3 is 6.55 Å². The van der Waals surface area contributed by atoms with Crippen LogP contribution in [0, 0.1) is 0 Å². The number of ether oxygens (including phenoxy) is 1. The number of nitrogens with one attached hydrogen (secondary N) is 1. The van der Waals surface area contributed by atoms with E-state index >= 15 is 0 Å². The molecule has 1 atom stereocenters. The van der Waals surface area contributed by atoms with Gasteiger partial charge in [0.05, 0.1) is 24.2 Å². The van der Waals surface area contributed by atoms with Crippen molar-refractivity contribution in [1.29, 1.82) is 0 Å². The minimum atomic E-state index is -2.69. The topological polar surface area (TPSA) is 62.6 Å². The summed E-state index contributed by atoms with van der Waals surface area (Å²) < 4.78 is 34.1. The Bertz CT molecular complexity index is 1100. The number of fused-ring (bicyclic) bond motifs is 1. The summed E-state index contributed by atoms with van der Waals surface area (Å²) in [6.07, 6.45) is 0. The van der Waals surface area contributed by atoms with Gasteiger partial charge in [0.25, 0.3) is 0 Å². The first-order chi connectivity index (χ1) is 15.6. The lowest BCUT2D eigenvalue weighted by Crippen LogP contribution is -2.57. The lowest BCUT2D eigenvalue weighted by molar-refractivity contribution is -0.136. The third-order valence-corrected chi connectivity index (χ3v) is 6.07. The molecule has 0 bridgehead atoms. The molecule has 5 rings (SSSR count). The molecule has 0 aliphatic carbocycles. The number of nitrogens with zero attached hydrogens (tertiary/aromatic N) is 4. The molecule has 1 unspecified atom stereocenters. The minimum Gasteiger partial charge on any atom is -0.378 e. The number of piperazine rings is 1. The maximum absolute atomic E-state index is 13.9. The summed E-state index contributed by atoms with van der Waals surface area (Å²) in [6.45, 7) is 1.61. The number of anilines is 1. The normalized spacial score (nSPS) is 19.7. The maximum atomic E-state index is 13.9. The van der Waals surface area contributed by atoms with Gasteiger partial charge in [0, 0.05) is 44.0 Å². The highest BCUT2D eigenvalue weighted by molar-refractivity contribution is 5.83. The number of amides is 1. The maximum Gasteiger partial charge on any atom is 0.320 e. The fraction of sp³-hybridized carbons (Fsp3) is 0.391. The van der Waals surface area contributed by atoms with Crippen LogP contribution >= 0.6 is 0 Å². The molecule has 3 aromatic rings. The molecule has 2 aromatic carbocycles. The smallest absolute Gasteiger partial charge is 0.320 e. The van der Waals surface area contributed by atoms with Gasteiger partial charge < -0.3 is 19.9 Å². The van der Waals surface area contributed by atoms with Gasteiger partial charge in [0.15, 0.2) is 0 Å². The molecule has 7 nitrogen and oxygen atoms in total. The SMILES string of the molecule is O=C(C1COCCN1)N1CCN(c2cccc(-c3nc4ccccc4n3C(F)F)c2)CC1. The fourth-order valence-corrected chi connectivity index (χ4v) is 4.42. The molecule has 32 heavy (non-hydrogen) atoms. The molecule has 1 N–H and O–H groups in total. The number of carbonyl (C=O) groups excluding carboxylic acids is 1. The number of halogens is 2. The van der Waals surface area contributed by atoms with Crippen LogP contribution in [0.3, 0.4) is 0 Å². The Kier molecular flexibility index (Phi) is 5.75. The fourth-order valence-electron chi connectivity index (χ4n) is 4.42. The molecular formula is C23H25F2N5O2. The Hall–Kier alpha value is -3.04. The predicted molar refractivity (Wildman–Crippen MR) is 118 cm³/mol. The van der Waals surface area contributed by atoms with Crippen LogP contribution in [0.15, 0.2) is 48.5 Å². The van der Waals surface area contributed by atoms with Gasteiger partial charge in [-0.25, -0.2) is 4.98 Å². The van der Waals surface area contributed by atoms with Crippen LogP contribution in [-0.4, -0.2) is 72.3 Å². The highest BCUT2D eigenvalue weighted by Gasteiger charge is 2.29. The van der Waals surface area contributed by atoms with E-state index < -0.39 is 6.55 Å². The second-order valence-electron chi connectivity index (χ2n) is 8.02. The van der Waals surface area contributed by atoms with E-state index in [2.05, 4.69) is 15.2 Å². The van der Waals surface area contributed by atoms with Gasteiger partial charge in [0.2, 0.25) is 5.91 Å². The number of morpholine rings is 1. The molecule has 9 heteroatoms. The van der Waals surface area contributed by atoms with Crippen molar-refractivity contribution in [3.05, 3.63) is 48.5 Å². The van der Waals surface area contributed by atoms with Crippen molar-refractivity contribution in [2.75, 3.05) is 50.8 Å². The molecule has 3 heterocycles. The summed E-state index contributed by atoms with van der Waals surface area (Å²) in [4.78, 5) is 21.2. The van der Waals surface area contributed by atoms with Crippen LogP contribution in [0.1, 0.15) is 6.55 Å². The van der Waals surface area contributed by atoms with E-state index in [0.717, 1.165) is 10.3 Å². The summed E-state index contributed by atoms with van der Waals surface area (Å²) in [5, 5.41) is 3.21. The van der Waals surface area contributed by atoms with E-state index in [9.17, 15) is 13.6 Å². The van der Waals surface area contributed by atoms with Crippen molar-refractivity contribution in [1.82, 2.24) is 19.8 Å². The molecule has 0 spiro atoms. The highest BCUT2D eigenvalue weighted by atomic mass is 19.3. The van der Waals surface area contributed by atoms with E-state index in [4.69, 9.17) is 4.74 Å². The molecule has 2 aliphatic rings. The van der Waals surface area contributed by atoms with E-state index in [1.54, 1.807) is 30.3 Å². The van der Waals surface area contributed by atoms with Crippen molar-refractivity contribution < 1.29 is 18.3 Å². The number of rotatable bonds is 4. The largest absolute Gasteiger partial charge is 0.378 e. The van der Waals surface area contributed by atoms with Crippen molar-refractivity contribution in [2.45, 2.75) is 12.6 Å². The second kappa shape index (κ2) is 8.84. The molecule has 1 aromatic heterocycles. The van der Waals surface area contributed by atoms with Crippen molar-refractivity contribution in [3.63, 3.8) is 0 Å². The van der Waals surface area contributed by atoms with Crippen LogP contribution in [0.5, 0.6) is 0 Å². The third kappa shape index (κ3) is 3.93. The van der Waals surface area contributed by atoms with Crippen LogP contribution in [0.25, 0.3) is 22.4 Å². The Morgan fingerprint density at radius 3 is 2.66 bits per heavy atom. The monoisotopic (exact) mass is 441 g/mol. The summed E-state index contributed by atoms with van der Waals surface area (Å²) in [7, 11) is 0. The van der Waals surface area contributed by atoms with E-state index in [-0.39, 0.29) is 17.8 Å². The van der Waals surface area contributed by atoms with Gasteiger partial charge in [-0.3, -0.25) is 9.36 Å². The Morgan fingerprint density at radius 2 is 1.91 bits per heavy atom. The summed E-state index contributed by atoms with van der Waals surface area (Å²) >= 11 is 0. The summed E-state index contributed by atoms with van der Waals surface area (Å²) in [6, 6.07) is 14.2. The number of para-hydroxylation sites is 2. The number of alkyl halides is 2. The third-order valence-electron chi connectivity index (χ3n) is 6.07. The first-order valence-corrected chi connectivity index (χ1v) is 10.8. The molecule has 168 valence electrons. The Balaban J connectivity index is 1.34.